The van der Waals surface area contributed by atoms with Gasteiger partial charge in [-0.25, -0.2) is 22.2 Å². The molecule has 1 amide bonds. The van der Waals surface area contributed by atoms with E-state index in [0.717, 1.165) is 16.8 Å². The van der Waals surface area contributed by atoms with E-state index < -0.39 is 27.6 Å². The molecule has 37 heavy (non-hydrogen) atoms. The average molecular weight is 563 g/mol. The topological polar surface area (TPSA) is 83.5 Å². The van der Waals surface area contributed by atoms with Crippen molar-refractivity contribution < 1.29 is 22.0 Å². The number of rotatable bonds is 6. The first kappa shape index (κ1) is 25.7. The largest absolute Gasteiger partial charge is 0.282 e. The fourth-order valence-electron chi connectivity index (χ4n) is 4.26. The summed E-state index contributed by atoms with van der Waals surface area (Å²) < 4.78 is 54.9. The van der Waals surface area contributed by atoms with Crippen molar-refractivity contribution in [2.45, 2.75) is 24.3 Å². The predicted molar refractivity (Wildman–Crippen MR) is 138 cm³/mol. The zero-order chi connectivity index (χ0) is 26.2. The summed E-state index contributed by atoms with van der Waals surface area (Å²) in [5.74, 6) is -2.99. The lowest BCUT2D eigenvalue weighted by molar-refractivity contribution is -0.123. The van der Waals surface area contributed by atoms with Gasteiger partial charge in [0, 0.05) is 25.2 Å². The molecule has 0 aliphatic carbocycles. The number of pyridine rings is 1. The van der Waals surface area contributed by atoms with Gasteiger partial charge in [-0.05, 0) is 55.3 Å². The number of anilines is 1. The lowest BCUT2D eigenvalue weighted by atomic mass is 9.96. The second kappa shape index (κ2) is 10.4. The van der Waals surface area contributed by atoms with Gasteiger partial charge < -0.3 is 0 Å². The number of para-hydroxylation sites is 1. The Bertz CT molecular complexity index is 1560. The number of hydrogen-bond donors (Lipinski definition) is 0. The number of benzene rings is 2. The summed E-state index contributed by atoms with van der Waals surface area (Å²) in [5, 5.41) is 0.969. The maximum absolute atomic E-state index is 13.7. The Morgan fingerprint density at radius 3 is 2.54 bits per heavy atom. The van der Waals surface area contributed by atoms with Crippen LogP contribution in [-0.2, 0) is 21.4 Å². The maximum atomic E-state index is 13.7. The number of amides is 1. The number of sulfonamides is 1. The van der Waals surface area contributed by atoms with Crippen LogP contribution in [0, 0.1) is 17.6 Å². The van der Waals surface area contributed by atoms with Crippen molar-refractivity contribution in [2.75, 3.05) is 18.0 Å². The van der Waals surface area contributed by atoms with Gasteiger partial charge in [0.25, 0.3) is 0 Å². The van der Waals surface area contributed by atoms with Gasteiger partial charge in [-0.2, -0.15) is 4.31 Å². The van der Waals surface area contributed by atoms with Crippen LogP contribution >= 0.6 is 22.9 Å². The van der Waals surface area contributed by atoms with Gasteiger partial charge in [0.15, 0.2) is 16.8 Å². The minimum absolute atomic E-state index is 0.0703. The Balaban J connectivity index is 1.37. The quantitative estimate of drug-likeness (QED) is 0.320. The normalized spacial score (nSPS) is 15.2. The first-order valence-corrected chi connectivity index (χ1v) is 14.1. The molecule has 0 N–H and O–H groups in total. The van der Waals surface area contributed by atoms with Gasteiger partial charge in [0.05, 0.1) is 26.9 Å². The van der Waals surface area contributed by atoms with E-state index in [1.807, 2.05) is 24.3 Å². The summed E-state index contributed by atoms with van der Waals surface area (Å²) in [7, 11) is -4.03. The third kappa shape index (κ3) is 5.22. The number of thiazole rings is 1. The van der Waals surface area contributed by atoms with E-state index in [2.05, 4.69) is 9.97 Å². The Hall–Kier alpha value is -2.99. The van der Waals surface area contributed by atoms with E-state index in [4.69, 9.17) is 11.6 Å². The van der Waals surface area contributed by atoms with Gasteiger partial charge >= 0.3 is 0 Å². The standard InChI is InChI=1S/C25H21ClF2N4O3S2/c26-19-5-3-6-22-23(19)30-25(36-22)32(15-17-4-1-2-11-29-17)24(33)16-9-12-31(13-10-16)37(34,35)18-7-8-20(27)21(28)14-18/h1-8,11,14,16H,9-10,12-13,15H2. The van der Waals surface area contributed by atoms with Crippen molar-refractivity contribution in [3.8, 4) is 0 Å². The number of nitrogens with zero attached hydrogens (tertiary/aromatic N) is 4. The summed E-state index contributed by atoms with van der Waals surface area (Å²) in [6.07, 6.45) is 2.19. The third-order valence-corrected chi connectivity index (χ3v) is 9.48. The van der Waals surface area contributed by atoms with Crippen LogP contribution in [0.2, 0.25) is 5.02 Å². The van der Waals surface area contributed by atoms with Crippen LogP contribution in [0.15, 0.2) is 65.7 Å². The summed E-state index contributed by atoms with van der Waals surface area (Å²) in [6, 6.07) is 13.4. The van der Waals surface area contributed by atoms with Gasteiger partial charge in [0.1, 0.15) is 5.52 Å². The monoisotopic (exact) mass is 562 g/mol. The lowest BCUT2D eigenvalue weighted by Crippen LogP contribution is -2.44. The summed E-state index contributed by atoms with van der Waals surface area (Å²) in [4.78, 5) is 24.0. The zero-order valence-corrected chi connectivity index (χ0v) is 21.7. The Morgan fingerprint density at radius 1 is 1.08 bits per heavy atom. The SMILES string of the molecule is O=C(C1CCN(S(=O)(=O)c2ccc(F)c(F)c2)CC1)N(Cc1ccccn1)c1nc2c(Cl)cccc2s1. The van der Waals surface area contributed by atoms with Crippen LogP contribution in [0.1, 0.15) is 18.5 Å². The minimum atomic E-state index is -4.03. The second-order valence-corrected chi connectivity index (χ2v) is 11.9. The van der Waals surface area contributed by atoms with Crippen LogP contribution in [-0.4, -0.2) is 41.7 Å². The lowest BCUT2D eigenvalue weighted by Gasteiger charge is -2.33. The highest BCUT2D eigenvalue weighted by molar-refractivity contribution is 7.89. The van der Waals surface area contributed by atoms with Crippen LogP contribution < -0.4 is 4.90 Å². The van der Waals surface area contributed by atoms with Crippen molar-refractivity contribution in [1.82, 2.24) is 14.3 Å². The van der Waals surface area contributed by atoms with E-state index in [9.17, 15) is 22.0 Å². The van der Waals surface area contributed by atoms with Crippen LogP contribution in [0.3, 0.4) is 0 Å². The number of aromatic nitrogens is 2. The third-order valence-electron chi connectivity index (χ3n) is 6.23. The van der Waals surface area contributed by atoms with E-state index >= 15 is 0 Å². The Kier molecular flexibility index (Phi) is 7.21. The molecule has 7 nitrogen and oxygen atoms in total. The van der Waals surface area contributed by atoms with Gasteiger partial charge in [-0.15, -0.1) is 0 Å². The Labute approximate surface area is 221 Å². The predicted octanol–water partition coefficient (Wildman–Crippen LogP) is 5.26. The van der Waals surface area contributed by atoms with Gasteiger partial charge in [-0.1, -0.05) is 35.1 Å². The maximum Gasteiger partial charge on any atom is 0.243 e. The molecule has 0 bridgehead atoms. The van der Waals surface area contributed by atoms with Gasteiger partial charge in [0.2, 0.25) is 15.9 Å². The molecule has 1 fully saturated rings. The van der Waals surface area contributed by atoms with Crippen molar-refractivity contribution in [3.63, 3.8) is 0 Å². The average Bonchev–Trinajstić information content (AvgIpc) is 3.34. The molecule has 3 heterocycles. The number of halogens is 3. The number of hydrogen-bond acceptors (Lipinski definition) is 6. The fourth-order valence-corrected chi connectivity index (χ4v) is 7.01. The smallest absolute Gasteiger partial charge is 0.243 e. The number of carbonyl (C=O) groups is 1. The molecule has 1 saturated heterocycles. The number of fused-ring (bicyclic) bond motifs is 1. The highest BCUT2D eigenvalue weighted by atomic mass is 35.5. The van der Waals surface area contributed by atoms with Crippen molar-refractivity contribution in [3.05, 3.63) is 83.1 Å². The molecule has 5 rings (SSSR count). The first-order valence-electron chi connectivity index (χ1n) is 11.5. The van der Waals surface area contributed by atoms with Crippen molar-refractivity contribution >= 4 is 54.2 Å². The Morgan fingerprint density at radius 2 is 1.86 bits per heavy atom. The van der Waals surface area contributed by atoms with Crippen LogP contribution in [0.4, 0.5) is 13.9 Å². The highest BCUT2D eigenvalue weighted by Crippen LogP contribution is 2.35. The molecule has 1 aliphatic rings. The molecule has 0 radical (unpaired) electrons. The molecule has 4 aromatic rings. The van der Waals surface area contributed by atoms with Gasteiger partial charge in [-0.3, -0.25) is 14.7 Å². The second-order valence-electron chi connectivity index (χ2n) is 8.58. The van der Waals surface area contributed by atoms with Crippen molar-refractivity contribution in [1.29, 1.82) is 0 Å². The van der Waals surface area contributed by atoms with Crippen LogP contribution in [0.25, 0.3) is 10.2 Å². The molecule has 0 unspecified atom stereocenters. The summed E-state index contributed by atoms with van der Waals surface area (Å²) >= 11 is 7.66. The molecule has 0 atom stereocenters. The fraction of sp³-hybridized carbons (Fsp3) is 0.240. The van der Waals surface area contributed by atoms with Crippen LogP contribution in [0.5, 0.6) is 0 Å². The molecular weight excluding hydrogens is 542 g/mol. The molecule has 0 spiro atoms. The van der Waals surface area contributed by atoms with E-state index in [1.54, 1.807) is 23.2 Å². The van der Waals surface area contributed by atoms with Crippen molar-refractivity contribution in [2.24, 2.45) is 5.92 Å². The zero-order valence-electron chi connectivity index (χ0n) is 19.4. The molecule has 12 heteroatoms. The minimum Gasteiger partial charge on any atom is -0.282 e. The van der Waals surface area contributed by atoms with E-state index in [1.165, 1.54) is 15.6 Å². The molecular formula is C25H21ClF2N4O3S2. The molecule has 192 valence electrons. The molecule has 0 saturated carbocycles. The summed E-state index contributed by atoms with van der Waals surface area (Å²) in [6.45, 7) is 0.339. The first-order chi connectivity index (χ1) is 17.7. The number of carbonyl (C=O) groups excluding carboxylic acids is 1. The summed E-state index contributed by atoms with van der Waals surface area (Å²) in [5.41, 5.74) is 1.29. The van der Waals surface area contributed by atoms with E-state index in [0.29, 0.717) is 27.4 Å². The number of piperidine rings is 1. The highest BCUT2D eigenvalue weighted by Gasteiger charge is 2.35. The molecule has 1 aliphatic heterocycles. The molecule has 2 aromatic carbocycles. The molecule has 2 aromatic heterocycles. The van der Waals surface area contributed by atoms with E-state index in [-0.39, 0.29) is 43.3 Å².